The van der Waals surface area contributed by atoms with Gasteiger partial charge in [0.15, 0.2) is 5.84 Å². The van der Waals surface area contributed by atoms with Crippen LogP contribution in [0.2, 0.25) is 0 Å². The van der Waals surface area contributed by atoms with Crippen LogP contribution in [0.15, 0.2) is 4.99 Å². The summed E-state index contributed by atoms with van der Waals surface area (Å²) in [6.45, 7) is 0. The number of nitrogens with one attached hydrogen (secondary N) is 1. The van der Waals surface area contributed by atoms with Crippen LogP contribution < -0.4 is 0 Å². The molecule has 1 aliphatic heterocycles. The SMILES string of the molecule is CN1C=NC(=O)C1=N. The molecule has 0 saturated heterocycles. The molecule has 0 spiro atoms. The van der Waals surface area contributed by atoms with E-state index in [9.17, 15) is 4.79 Å². The van der Waals surface area contributed by atoms with Gasteiger partial charge in [-0.2, -0.15) is 4.99 Å². The Morgan fingerprint density at radius 1 is 1.88 bits per heavy atom. The number of rotatable bonds is 0. The van der Waals surface area contributed by atoms with Crippen LogP contribution in [-0.4, -0.2) is 30.0 Å². The first-order valence-corrected chi connectivity index (χ1v) is 2.11. The third-order valence-corrected chi connectivity index (χ3v) is 0.903. The van der Waals surface area contributed by atoms with Gasteiger partial charge in [0, 0.05) is 7.05 Å². The molecule has 0 atom stereocenters. The van der Waals surface area contributed by atoms with E-state index in [-0.39, 0.29) is 5.84 Å². The monoisotopic (exact) mass is 111 g/mol. The van der Waals surface area contributed by atoms with E-state index in [0.717, 1.165) is 0 Å². The number of likely N-dealkylation sites (N-methyl/N-ethyl adjacent to an activating group) is 1. The molecule has 0 fully saturated rings. The summed E-state index contributed by atoms with van der Waals surface area (Å²) in [4.78, 5) is 15.0. The predicted molar refractivity (Wildman–Crippen MR) is 29.0 cm³/mol. The molecule has 1 N–H and O–H groups in total. The van der Waals surface area contributed by atoms with Gasteiger partial charge in [0.2, 0.25) is 0 Å². The van der Waals surface area contributed by atoms with Crippen molar-refractivity contribution in [2.24, 2.45) is 4.99 Å². The molecular weight excluding hydrogens is 106 g/mol. The fraction of sp³-hybridized carbons (Fsp3) is 0.250. The number of amides is 1. The average Bonchev–Trinajstić information content (AvgIpc) is 1.98. The maximum Gasteiger partial charge on any atom is 0.313 e. The summed E-state index contributed by atoms with van der Waals surface area (Å²) in [6, 6.07) is 0. The third-order valence-electron chi connectivity index (χ3n) is 0.903. The highest BCUT2D eigenvalue weighted by Gasteiger charge is 2.16. The molecule has 0 aromatic heterocycles. The molecule has 42 valence electrons. The minimum absolute atomic E-state index is 0.0648. The van der Waals surface area contributed by atoms with Gasteiger partial charge in [-0.15, -0.1) is 0 Å². The fourth-order valence-corrected chi connectivity index (χ4v) is 0.409. The van der Waals surface area contributed by atoms with Crippen molar-refractivity contribution in [1.29, 1.82) is 5.41 Å². The predicted octanol–water partition coefficient (Wildman–Crippen LogP) is -0.536. The minimum atomic E-state index is -0.465. The smallest absolute Gasteiger partial charge is 0.313 e. The van der Waals surface area contributed by atoms with Gasteiger partial charge in [-0.05, 0) is 0 Å². The summed E-state index contributed by atoms with van der Waals surface area (Å²) in [5.41, 5.74) is 0. The van der Waals surface area contributed by atoms with Gasteiger partial charge < -0.3 is 4.90 Å². The van der Waals surface area contributed by atoms with Crippen molar-refractivity contribution in [2.75, 3.05) is 7.05 Å². The zero-order valence-electron chi connectivity index (χ0n) is 4.38. The molecule has 0 bridgehead atoms. The molecule has 8 heavy (non-hydrogen) atoms. The topological polar surface area (TPSA) is 56.5 Å². The highest BCUT2D eigenvalue weighted by atomic mass is 16.2. The maximum atomic E-state index is 10.3. The van der Waals surface area contributed by atoms with E-state index in [2.05, 4.69) is 4.99 Å². The Bertz CT molecular complexity index is 172. The number of carbonyl (C=O) groups is 1. The first-order chi connectivity index (χ1) is 3.72. The average molecular weight is 111 g/mol. The van der Waals surface area contributed by atoms with Gasteiger partial charge in [0.25, 0.3) is 0 Å². The van der Waals surface area contributed by atoms with Gasteiger partial charge in [-0.1, -0.05) is 0 Å². The van der Waals surface area contributed by atoms with Crippen molar-refractivity contribution < 1.29 is 4.79 Å². The number of aliphatic imine (C=N–C) groups is 1. The Morgan fingerprint density at radius 2 is 2.50 bits per heavy atom. The van der Waals surface area contributed by atoms with E-state index in [4.69, 9.17) is 5.41 Å². The Labute approximate surface area is 46.3 Å². The van der Waals surface area contributed by atoms with Gasteiger partial charge in [-0.3, -0.25) is 10.2 Å². The molecule has 4 heteroatoms. The van der Waals surface area contributed by atoms with Gasteiger partial charge >= 0.3 is 5.91 Å². The molecule has 1 aliphatic rings. The molecule has 1 amide bonds. The highest BCUT2D eigenvalue weighted by molar-refractivity contribution is 6.42. The number of carbonyl (C=O) groups excluding carboxylic acids is 1. The summed E-state index contributed by atoms with van der Waals surface area (Å²) >= 11 is 0. The lowest BCUT2D eigenvalue weighted by atomic mass is 10.5. The zero-order valence-corrected chi connectivity index (χ0v) is 4.38. The number of hydrogen-bond acceptors (Lipinski definition) is 2. The zero-order chi connectivity index (χ0) is 6.15. The van der Waals surface area contributed by atoms with E-state index < -0.39 is 5.91 Å². The van der Waals surface area contributed by atoms with Gasteiger partial charge in [-0.25, -0.2) is 0 Å². The standard InChI is InChI=1S/C4H5N3O/c1-7-2-6-4(8)3(7)5/h2,5H,1H3. The lowest BCUT2D eigenvalue weighted by molar-refractivity contribution is -0.111. The Hall–Kier alpha value is -1.19. The van der Waals surface area contributed by atoms with Crippen molar-refractivity contribution >= 4 is 18.1 Å². The first kappa shape index (κ1) is 4.96. The largest absolute Gasteiger partial charge is 0.316 e. The second kappa shape index (κ2) is 1.40. The van der Waals surface area contributed by atoms with Crippen LogP contribution in [0.5, 0.6) is 0 Å². The van der Waals surface area contributed by atoms with Crippen LogP contribution >= 0.6 is 0 Å². The lowest BCUT2D eigenvalue weighted by Gasteiger charge is -2.00. The molecule has 0 unspecified atom stereocenters. The number of amidine groups is 1. The lowest BCUT2D eigenvalue weighted by Crippen LogP contribution is -2.22. The summed E-state index contributed by atoms with van der Waals surface area (Å²) in [5, 5.41) is 6.91. The molecule has 0 radical (unpaired) electrons. The Balaban J connectivity index is 2.85. The quantitative estimate of drug-likeness (QED) is 0.456. The molecule has 1 heterocycles. The summed E-state index contributed by atoms with van der Waals surface area (Å²) < 4.78 is 0. The van der Waals surface area contributed by atoms with Crippen LogP contribution in [0.4, 0.5) is 0 Å². The Morgan fingerprint density at radius 3 is 2.62 bits per heavy atom. The number of nitrogens with zero attached hydrogens (tertiary/aromatic N) is 2. The first-order valence-electron chi connectivity index (χ1n) is 2.11. The van der Waals surface area contributed by atoms with Crippen LogP contribution in [0.1, 0.15) is 0 Å². The maximum absolute atomic E-state index is 10.3. The molecule has 0 saturated carbocycles. The van der Waals surface area contributed by atoms with E-state index in [1.807, 2.05) is 0 Å². The Kier molecular flexibility index (Phi) is 0.865. The third kappa shape index (κ3) is 0.501. The molecule has 0 aromatic carbocycles. The minimum Gasteiger partial charge on any atom is -0.316 e. The summed E-state index contributed by atoms with van der Waals surface area (Å²) in [5.74, 6) is -0.530. The molecule has 4 nitrogen and oxygen atoms in total. The van der Waals surface area contributed by atoms with E-state index in [1.54, 1.807) is 7.05 Å². The van der Waals surface area contributed by atoms with E-state index in [0.29, 0.717) is 0 Å². The highest BCUT2D eigenvalue weighted by Crippen LogP contribution is 1.92. The van der Waals surface area contributed by atoms with E-state index >= 15 is 0 Å². The molecular formula is C4H5N3O. The van der Waals surface area contributed by atoms with Crippen molar-refractivity contribution in [2.45, 2.75) is 0 Å². The van der Waals surface area contributed by atoms with Crippen molar-refractivity contribution in [1.82, 2.24) is 4.90 Å². The number of hydrogen-bond donors (Lipinski definition) is 1. The van der Waals surface area contributed by atoms with Crippen LogP contribution in [0.25, 0.3) is 0 Å². The van der Waals surface area contributed by atoms with Crippen molar-refractivity contribution in [3.05, 3.63) is 0 Å². The van der Waals surface area contributed by atoms with E-state index in [1.165, 1.54) is 11.2 Å². The summed E-state index contributed by atoms with van der Waals surface area (Å²) in [6.07, 6.45) is 1.32. The second-order valence-corrected chi connectivity index (χ2v) is 1.51. The molecule has 0 aromatic rings. The fourth-order valence-electron chi connectivity index (χ4n) is 0.409. The summed E-state index contributed by atoms with van der Waals surface area (Å²) in [7, 11) is 1.61. The molecule has 1 rings (SSSR count). The van der Waals surface area contributed by atoms with Crippen LogP contribution in [-0.2, 0) is 4.79 Å². The van der Waals surface area contributed by atoms with Crippen molar-refractivity contribution in [3.8, 4) is 0 Å². The van der Waals surface area contributed by atoms with Crippen LogP contribution in [0, 0.1) is 5.41 Å². The molecule has 0 aliphatic carbocycles. The van der Waals surface area contributed by atoms with Crippen molar-refractivity contribution in [3.63, 3.8) is 0 Å². The van der Waals surface area contributed by atoms with Gasteiger partial charge in [0.05, 0.1) is 0 Å². The normalized spacial score (nSPS) is 18.4. The second-order valence-electron chi connectivity index (χ2n) is 1.51. The van der Waals surface area contributed by atoms with Gasteiger partial charge in [0.1, 0.15) is 6.34 Å². The van der Waals surface area contributed by atoms with Crippen LogP contribution in [0.3, 0.4) is 0 Å².